The molecule has 0 saturated carbocycles. The van der Waals surface area contributed by atoms with E-state index in [-0.39, 0.29) is 0 Å². The SMILES string of the molecule is COc1ccc(-c2cnc3ncnn3c2N2CCN(C(C)c3ccccc3)CC2)cc1. The minimum Gasteiger partial charge on any atom is -0.497 e. The number of hydrogen-bond acceptors (Lipinski definition) is 6. The van der Waals surface area contributed by atoms with Crippen LogP contribution in [0.2, 0.25) is 0 Å². The number of methoxy groups -OCH3 is 1. The summed E-state index contributed by atoms with van der Waals surface area (Å²) in [6, 6.07) is 19.2. The third-order valence-corrected chi connectivity index (χ3v) is 6.12. The molecule has 7 nitrogen and oxygen atoms in total. The lowest BCUT2D eigenvalue weighted by Gasteiger charge is -2.39. The summed E-state index contributed by atoms with van der Waals surface area (Å²) in [5, 5.41) is 4.48. The van der Waals surface area contributed by atoms with Crippen LogP contribution in [0.3, 0.4) is 0 Å². The smallest absolute Gasteiger partial charge is 0.254 e. The molecule has 0 spiro atoms. The van der Waals surface area contributed by atoms with Crippen molar-refractivity contribution in [1.82, 2.24) is 24.5 Å². The van der Waals surface area contributed by atoms with Crippen molar-refractivity contribution < 1.29 is 4.74 Å². The van der Waals surface area contributed by atoms with Crippen molar-refractivity contribution in [3.63, 3.8) is 0 Å². The molecule has 2 aromatic heterocycles. The fourth-order valence-electron chi connectivity index (χ4n) is 4.31. The van der Waals surface area contributed by atoms with Gasteiger partial charge in [0.15, 0.2) is 0 Å². The zero-order valence-corrected chi connectivity index (χ0v) is 17.8. The maximum Gasteiger partial charge on any atom is 0.254 e. The molecule has 0 N–H and O–H groups in total. The van der Waals surface area contributed by atoms with E-state index in [9.17, 15) is 0 Å². The topological polar surface area (TPSA) is 58.8 Å². The van der Waals surface area contributed by atoms with Crippen LogP contribution in [0.1, 0.15) is 18.5 Å². The van der Waals surface area contributed by atoms with Crippen molar-refractivity contribution in [3.8, 4) is 16.9 Å². The van der Waals surface area contributed by atoms with Crippen molar-refractivity contribution in [2.75, 3.05) is 38.2 Å². The Labute approximate surface area is 181 Å². The molecule has 3 heterocycles. The van der Waals surface area contributed by atoms with Gasteiger partial charge in [0, 0.05) is 44.0 Å². The van der Waals surface area contributed by atoms with E-state index in [0.717, 1.165) is 48.9 Å². The molecule has 31 heavy (non-hydrogen) atoms. The first kappa shape index (κ1) is 19.5. The van der Waals surface area contributed by atoms with Crippen LogP contribution in [-0.4, -0.2) is 57.8 Å². The Kier molecular flexibility index (Phi) is 5.26. The van der Waals surface area contributed by atoms with Crippen LogP contribution < -0.4 is 9.64 Å². The molecule has 1 aliphatic rings. The number of fused-ring (bicyclic) bond motifs is 1. The van der Waals surface area contributed by atoms with Gasteiger partial charge in [0.1, 0.15) is 17.9 Å². The predicted molar refractivity (Wildman–Crippen MR) is 121 cm³/mol. The van der Waals surface area contributed by atoms with Gasteiger partial charge in [0.05, 0.1) is 7.11 Å². The molecule has 0 aliphatic carbocycles. The quantitative estimate of drug-likeness (QED) is 0.497. The summed E-state index contributed by atoms with van der Waals surface area (Å²) in [7, 11) is 1.68. The highest BCUT2D eigenvalue weighted by atomic mass is 16.5. The molecule has 4 aromatic rings. The van der Waals surface area contributed by atoms with Crippen molar-refractivity contribution >= 4 is 11.6 Å². The molecular formula is C24H26N6O. The largest absolute Gasteiger partial charge is 0.497 e. The molecular weight excluding hydrogens is 388 g/mol. The average Bonchev–Trinajstić information content (AvgIpc) is 3.33. The number of ether oxygens (including phenoxy) is 1. The standard InChI is InChI=1S/C24H26N6O/c1-18(19-6-4-3-5-7-19)28-12-14-29(15-13-28)23-22(16-25-24-26-17-27-30(23)24)20-8-10-21(31-2)11-9-20/h3-11,16-18H,12-15H2,1-2H3. The first-order valence-electron chi connectivity index (χ1n) is 10.6. The number of nitrogens with zero attached hydrogens (tertiary/aromatic N) is 6. The number of hydrogen-bond donors (Lipinski definition) is 0. The van der Waals surface area contributed by atoms with E-state index < -0.39 is 0 Å². The molecule has 0 amide bonds. The highest BCUT2D eigenvalue weighted by molar-refractivity contribution is 5.77. The Morgan fingerprint density at radius 2 is 1.65 bits per heavy atom. The Balaban J connectivity index is 1.44. The van der Waals surface area contributed by atoms with E-state index in [1.54, 1.807) is 13.4 Å². The van der Waals surface area contributed by atoms with E-state index in [4.69, 9.17) is 4.74 Å². The van der Waals surface area contributed by atoms with Gasteiger partial charge >= 0.3 is 0 Å². The van der Waals surface area contributed by atoms with Gasteiger partial charge in [-0.3, -0.25) is 4.90 Å². The Bertz CT molecular complexity index is 1150. The van der Waals surface area contributed by atoms with Gasteiger partial charge in [-0.05, 0) is 30.2 Å². The van der Waals surface area contributed by atoms with Gasteiger partial charge in [-0.25, -0.2) is 4.98 Å². The Morgan fingerprint density at radius 1 is 0.903 bits per heavy atom. The summed E-state index contributed by atoms with van der Waals surface area (Å²) in [4.78, 5) is 13.8. The lowest BCUT2D eigenvalue weighted by Crippen LogP contribution is -2.48. The molecule has 1 aliphatic heterocycles. The molecule has 0 bridgehead atoms. The summed E-state index contributed by atoms with van der Waals surface area (Å²) in [5.41, 5.74) is 3.49. The summed E-state index contributed by atoms with van der Waals surface area (Å²) in [6.07, 6.45) is 3.47. The second kappa shape index (κ2) is 8.35. The number of piperazine rings is 1. The van der Waals surface area contributed by atoms with Crippen molar-refractivity contribution in [2.45, 2.75) is 13.0 Å². The lowest BCUT2D eigenvalue weighted by atomic mass is 10.1. The predicted octanol–water partition coefficient (Wildman–Crippen LogP) is 3.68. The molecule has 1 atom stereocenters. The third-order valence-electron chi connectivity index (χ3n) is 6.12. The summed E-state index contributed by atoms with van der Waals surface area (Å²) < 4.78 is 7.18. The molecule has 1 saturated heterocycles. The van der Waals surface area contributed by atoms with Gasteiger partial charge in [-0.15, -0.1) is 0 Å². The molecule has 1 fully saturated rings. The molecule has 5 rings (SSSR count). The fraction of sp³-hybridized carbons (Fsp3) is 0.292. The van der Waals surface area contributed by atoms with Crippen molar-refractivity contribution in [3.05, 3.63) is 72.7 Å². The maximum absolute atomic E-state index is 5.32. The molecule has 2 aromatic carbocycles. The average molecular weight is 415 g/mol. The first-order chi connectivity index (χ1) is 15.2. The number of anilines is 1. The zero-order chi connectivity index (χ0) is 21.2. The van der Waals surface area contributed by atoms with Crippen LogP contribution in [-0.2, 0) is 0 Å². The maximum atomic E-state index is 5.32. The van der Waals surface area contributed by atoms with Gasteiger partial charge in [0.25, 0.3) is 5.78 Å². The Morgan fingerprint density at radius 3 is 2.35 bits per heavy atom. The van der Waals surface area contributed by atoms with E-state index in [1.807, 2.05) is 22.8 Å². The first-order valence-corrected chi connectivity index (χ1v) is 10.6. The molecule has 0 radical (unpaired) electrons. The third kappa shape index (κ3) is 3.72. The zero-order valence-electron chi connectivity index (χ0n) is 17.8. The molecule has 1 unspecified atom stereocenters. The van der Waals surface area contributed by atoms with Gasteiger partial charge in [-0.2, -0.15) is 14.6 Å². The Hall–Kier alpha value is -3.45. The molecule has 158 valence electrons. The summed E-state index contributed by atoms with van der Waals surface area (Å²) in [6.45, 7) is 6.09. The van der Waals surface area contributed by atoms with Crippen LogP contribution in [0.15, 0.2) is 67.1 Å². The fourth-order valence-corrected chi connectivity index (χ4v) is 4.31. The van der Waals surface area contributed by atoms with E-state index >= 15 is 0 Å². The second-order valence-corrected chi connectivity index (χ2v) is 7.81. The minimum atomic E-state index is 0.397. The van der Waals surface area contributed by atoms with Crippen molar-refractivity contribution in [1.29, 1.82) is 0 Å². The number of benzene rings is 2. The van der Waals surface area contributed by atoms with Crippen LogP contribution in [0.4, 0.5) is 5.82 Å². The van der Waals surface area contributed by atoms with E-state index in [0.29, 0.717) is 11.8 Å². The molecule has 7 heteroatoms. The second-order valence-electron chi connectivity index (χ2n) is 7.81. The monoisotopic (exact) mass is 414 g/mol. The summed E-state index contributed by atoms with van der Waals surface area (Å²) in [5.74, 6) is 2.50. The van der Waals surface area contributed by atoms with Gasteiger partial charge < -0.3 is 9.64 Å². The number of aromatic nitrogens is 4. The van der Waals surface area contributed by atoms with Crippen molar-refractivity contribution in [2.24, 2.45) is 0 Å². The highest BCUT2D eigenvalue weighted by Crippen LogP contribution is 2.33. The van der Waals surface area contributed by atoms with Gasteiger partial charge in [-0.1, -0.05) is 42.5 Å². The summed E-state index contributed by atoms with van der Waals surface area (Å²) >= 11 is 0. The normalized spacial score (nSPS) is 15.9. The van der Waals surface area contributed by atoms with Crippen LogP contribution in [0.5, 0.6) is 5.75 Å². The van der Waals surface area contributed by atoms with Gasteiger partial charge in [0.2, 0.25) is 0 Å². The van der Waals surface area contributed by atoms with Crippen LogP contribution >= 0.6 is 0 Å². The lowest BCUT2D eigenvalue weighted by molar-refractivity contribution is 0.198. The number of rotatable bonds is 5. The van der Waals surface area contributed by atoms with E-state index in [1.165, 1.54) is 5.56 Å². The van der Waals surface area contributed by atoms with Crippen LogP contribution in [0.25, 0.3) is 16.9 Å². The highest BCUT2D eigenvalue weighted by Gasteiger charge is 2.26. The van der Waals surface area contributed by atoms with E-state index in [2.05, 4.69) is 74.3 Å². The van der Waals surface area contributed by atoms with Crippen LogP contribution in [0, 0.1) is 0 Å². The minimum absolute atomic E-state index is 0.397.